The number of hydrogen-bond donors (Lipinski definition) is 2. The molecule has 116 valence electrons. The van der Waals surface area contributed by atoms with E-state index in [1.165, 1.54) is 30.3 Å². The summed E-state index contributed by atoms with van der Waals surface area (Å²) in [5.41, 5.74) is 0.486. The maximum Gasteiger partial charge on any atom is 0.335 e. The summed E-state index contributed by atoms with van der Waals surface area (Å²) in [4.78, 5) is 27.7. The van der Waals surface area contributed by atoms with Crippen LogP contribution in [0.1, 0.15) is 16.1 Å². The summed E-state index contributed by atoms with van der Waals surface area (Å²) < 4.78 is 22.0. The molecule has 2 N–H and O–H groups in total. The molecule has 0 aromatic carbocycles. The molecule has 1 rings (SSSR count). The number of carbonyl (C=O) groups excluding carboxylic acids is 1. The van der Waals surface area contributed by atoms with E-state index >= 15 is 0 Å². The van der Waals surface area contributed by atoms with Crippen molar-refractivity contribution in [3.63, 3.8) is 0 Å². The highest BCUT2D eigenvalue weighted by Gasteiger charge is 2.12. The van der Waals surface area contributed by atoms with E-state index in [4.69, 9.17) is 5.11 Å². The minimum atomic E-state index is -3.13. The molecule has 0 bridgehead atoms. The molecular weight excluding hydrogens is 298 g/mol. The molecule has 0 aliphatic carbocycles. The molecule has 1 heterocycles. The van der Waals surface area contributed by atoms with Crippen molar-refractivity contribution >= 4 is 21.8 Å². The van der Waals surface area contributed by atoms with Crippen LogP contribution in [0.3, 0.4) is 0 Å². The third kappa shape index (κ3) is 6.21. The van der Waals surface area contributed by atoms with E-state index in [1.54, 1.807) is 0 Å². The molecule has 1 aromatic heterocycles. The average Bonchev–Trinajstić information content (AvgIpc) is 2.41. The Morgan fingerprint density at radius 3 is 2.67 bits per heavy atom. The Hall–Kier alpha value is -2.16. The Morgan fingerprint density at radius 2 is 2.10 bits per heavy atom. The number of aromatic nitrogens is 1. The van der Waals surface area contributed by atoms with Gasteiger partial charge in [0.15, 0.2) is 0 Å². The number of sulfone groups is 1. The van der Waals surface area contributed by atoms with Crippen LogP contribution in [0, 0.1) is 0 Å². The molecule has 21 heavy (non-hydrogen) atoms. The number of nitrogens with zero attached hydrogens (tertiary/aromatic N) is 2. The maximum atomic E-state index is 11.7. The highest BCUT2D eigenvalue weighted by molar-refractivity contribution is 7.90. The summed E-state index contributed by atoms with van der Waals surface area (Å²) in [7, 11) is -1.66. The first-order chi connectivity index (χ1) is 9.69. The van der Waals surface area contributed by atoms with Crippen molar-refractivity contribution in [1.82, 2.24) is 15.2 Å². The average molecular weight is 315 g/mol. The number of hydrogen-bond acceptors (Lipinski definition) is 5. The predicted molar refractivity (Wildman–Crippen MR) is 75.8 cm³/mol. The van der Waals surface area contributed by atoms with Crippen molar-refractivity contribution in [2.45, 2.75) is 6.54 Å². The van der Waals surface area contributed by atoms with Crippen molar-refractivity contribution in [2.24, 2.45) is 0 Å². The molecule has 0 saturated carbocycles. The minimum absolute atomic E-state index is 0.0587. The molecule has 0 saturated heterocycles. The number of carboxylic acid groups (broad SMARTS) is 1. The molecule has 0 radical (unpaired) electrons. The quantitative estimate of drug-likeness (QED) is 0.761. The third-order valence-corrected chi connectivity index (χ3v) is 3.55. The molecule has 0 unspecified atom stereocenters. The molecule has 0 fully saturated rings. The summed E-state index contributed by atoms with van der Waals surface area (Å²) in [6, 6.07) is 2.26. The van der Waals surface area contributed by atoms with Crippen LogP contribution in [0.15, 0.2) is 18.3 Å². The number of nitrogens with one attached hydrogen (secondary N) is 1. The fraction of sp³-hybridized carbons (Fsp3) is 0.417. The SMILES string of the molecule is CN(CCS(C)(=O)=O)C(=O)NCc1cc(C(=O)O)ccn1. The minimum Gasteiger partial charge on any atom is -0.478 e. The summed E-state index contributed by atoms with van der Waals surface area (Å²) >= 11 is 0. The highest BCUT2D eigenvalue weighted by atomic mass is 32.2. The van der Waals surface area contributed by atoms with Gasteiger partial charge in [-0.3, -0.25) is 4.98 Å². The van der Waals surface area contributed by atoms with Gasteiger partial charge in [0.2, 0.25) is 0 Å². The Bertz CT molecular complexity index is 630. The summed E-state index contributed by atoms with van der Waals surface area (Å²) in [5.74, 6) is -1.20. The lowest BCUT2D eigenvalue weighted by Gasteiger charge is -2.17. The second-order valence-corrected chi connectivity index (χ2v) is 6.81. The van der Waals surface area contributed by atoms with Crippen molar-refractivity contribution in [3.8, 4) is 0 Å². The Balaban J connectivity index is 2.52. The van der Waals surface area contributed by atoms with Crippen LogP contribution in [-0.4, -0.2) is 61.0 Å². The van der Waals surface area contributed by atoms with Gasteiger partial charge < -0.3 is 15.3 Å². The summed E-state index contributed by atoms with van der Waals surface area (Å²) in [6.07, 6.45) is 2.44. The lowest BCUT2D eigenvalue weighted by Crippen LogP contribution is -2.39. The first-order valence-electron chi connectivity index (χ1n) is 6.04. The monoisotopic (exact) mass is 315 g/mol. The predicted octanol–water partition coefficient (Wildman–Crippen LogP) is -0.0342. The molecule has 0 aliphatic heterocycles. The topological polar surface area (TPSA) is 117 Å². The van der Waals surface area contributed by atoms with Gasteiger partial charge >= 0.3 is 12.0 Å². The Kier molecular flexibility index (Phi) is 5.65. The van der Waals surface area contributed by atoms with Gasteiger partial charge in [-0.2, -0.15) is 0 Å². The van der Waals surface area contributed by atoms with E-state index in [-0.39, 0.29) is 24.4 Å². The van der Waals surface area contributed by atoms with Crippen molar-refractivity contribution in [3.05, 3.63) is 29.6 Å². The van der Waals surface area contributed by atoms with E-state index in [9.17, 15) is 18.0 Å². The molecule has 0 spiro atoms. The molecule has 8 nitrogen and oxygen atoms in total. The van der Waals surface area contributed by atoms with E-state index in [2.05, 4.69) is 10.3 Å². The van der Waals surface area contributed by atoms with Crippen LogP contribution in [0.5, 0.6) is 0 Å². The van der Waals surface area contributed by atoms with Crippen LogP contribution >= 0.6 is 0 Å². The number of urea groups is 1. The largest absolute Gasteiger partial charge is 0.478 e. The van der Waals surface area contributed by atoms with Gasteiger partial charge in [0.25, 0.3) is 0 Å². The first kappa shape index (κ1) is 16.9. The van der Waals surface area contributed by atoms with Gasteiger partial charge in [0.1, 0.15) is 9.84 Å². The van der Waals surface area contributed by atoms with Crippen LogP contribution in [0.2, 0.25) is 0 Å². The number of carbonyl (C=O) groups is 2. The van der Waals surface area contributed by atoms with Gasteiger partial charge in [-0.25, -0.2) is 18.0 Å². The summed E-state index contributed by atoms with van der Waals surface area (Å²) in [6.45, 7) is 0.135. The van der Waals surface area contributed by atoms with Gasteiger partial charge in [-0.1, -0.05) is 0 Å². The first-order valence-corrected chi connectivity index (χ1v) is 8.10. The lowest BCUT2D eigenvalue weighted by atomic mass is 10.2. The van der Waals surface area contributed by atoms with Gasteiger partial charge in [-0.15, -0.1) is 0 Å². The fourth-order valence-corrected chi connectivity index (χ4v) is 2.02. The number of pyridine rings is 1. The second kappa shape index (κ2) is 7.02. The van der Waals surface area contributed by atoms with E-state index in [1.807, 2.05) is 0 Å². The molecule has 9 heteroatoms. The van der Waals surface area contributed by atoms with Crippen LogP contribution in [0.25, 0.3) is 0 Å². The van der Waals surface area contributed by atoms with Crippen LogP contribution in [0.4, 0.5) is 4.79 Å². The van der Waals surface area contributed by atoms with E-state index < -0.39 is 21.8 Å². The smallest absolute Gasteiger partial charge is 0.335 e. The van der Waals surface area contributed by atoms with Crippen molar-refractivity contribution in [2.75, 3.05) is 25.6 Å². The van der Waals surface area contributed by atoms with Crippen molar-refractivity contribution in [1.29, 1.82) is 0 Å². The standard InChI is InChI=1S/C12H17N3O5S/c1-15(5-6-21(2,19)20)12(18)14-8-10-7-9(11(16)17)3-4-13-10/h3-4,7H,5-6,8H2,1-2H3,(H,14,18)(H,16,17). The zero-order valence-corrected chi connectivity index (χ0v) is 12.6. The summed E-state index contributed by atoms with van der Waals surface area (Å²) in [5, 5.41) is 11.4. The van der Waals surface area contributed by atoms with Crippen molar-refractivity contribution < 1.29 is 23.1 Å². The maximum absolute atomic E-state index is 11.7. The highest BCUT2D eigenvalue weighted by Crippen LogP contribution is 2.02. The fourth-order valence-electron chi connectivity index (χ4n) is 1.41. The number of aromatic carboxylic acids is 1. The Labute approximate surface area is 122 Å². The van der Waals surface area contributed by atoms with Gasteiger partial charge in [0.05, 0.1) is 23.6 Å². The number of rotatable bonds is 6. The molecular formula is C12H17N3O5S. The normalized spacial score (nSPS) is 11.0. The zero-order chi connectivity index (χ0) is 16.0. The van der Waals surface area contributed by atoms with Crippen LogP contribution in [-0.2, 0) is 16.4 Å². The number of carboxylic acids is 1. The molecule has 1 aromatic rings. The third-order valence-electron chi connectivity index (χ3n) is 2.63. The van der Waals surface area contributed by atoms with E-state index in [0.717, 1.165) is 6.26 Å². The zero-order valence-electron chi connectivity index (χ0n) is 11.7. The van der Waals surface area contributed by atoms with Crippen LogP contribution < -0.4 is 5.32 Å². The molecule has 0 atom stereocenters. The molecule has 0 aliphatic rings. The van der Waals surface area contributed by atoms with Gasteiger partial charge in [-0.05, 0) is 12.1 Å². The Morgan fingerprint density at radius 1 is 1.43 bits per heavy atom. The van der Waals surface area contributed by atoms with E-state index in [0.29, 0.717) is 5.69 Å². The number of amides is 2. The molecule has 2 amide bonds. The van der Waals surface area contributed by atoms with Gasteiger partial charge in [0, 0.05) is 26.0 Å². The second-order valence-electron chi connectivity index (χ2n) is 4.55. The lowest BCUT2D eigenvalue weighted by molar-refractivity contribution is 0.0696.